The Bertz CT molecular complexity index is 487. The zero-order valence-corrected chi connectivity index (χ0v) is 10.7. The van der Waals surface area contributed by atoms with Gasteiger partial charge in [0.05, 0.1) is 12.7 Å². The third kappa shape index (κ3) is 3.77. The van der Waals surface area contributed by atoms with Crippen molar-refractivity contribution in [2.24, 2.45) is 0 Å². The number of aliphatic hydroxyl groups excluding tert-OH is 1. The van der Waals surface area contributed by atoms with E-state index in [1.807, 2.05) is 0 Å². The number of carbonyl (C=O) groups is 1. The molecule has 0 aliphatic carbocycles. The molecule has 0 aliphatic rings. The van der Waals surface area contributed by atoms with Gasteiger partial charge in [0.2, 0.25) is 0 Å². The quantitative estimate of drug-likeness (QED) is 0.594. The molecule has 0 fully saturated rings. The molecule has 0 unspecified atom stereocenters. The summed E-state index contributed by atoms with van der Waals surface area (Å²) in [6.45, 7) is -0.239. The molecule has 5 nitrogen and oxygen atoms in total. The number of hydrogen-bond donors (Lipinski definition) is 2. The Labute approximate surface area is 106 Å². The van der Waals surface area contributed by atoms with Gasteiger partial charge in [0.25, 0.3) is 5.91 Å². The Morgan fingerprint density at radius 3 is 2.78 bits per heavy atom. The number of benzene rings is 1. The van der Waals surface area contributed by atoms with E-state index in [1.165, 1.54) is 7.11 Å². The van der Waals surface area contributed by atoms with Crippen LogP contribution in [0.25, 0.3) is 0 Å². The summed E-state index contributed by atoms with van der Waals surface area (Å²) in [7, 11) is 4.99. The lowest BCUT2D eigenvalue weighted by atomic mass is 10.1. The topological polar surface area (TPSA) is 61.8 Å². The Morgan fingerprint density at radius 1 is 1.50 bits per heavy atom. The largest absolute Gasteiger partial charge is 0.495 e. The molecule has 0 spiro atoms. The number of nitrogens with zero attached hydrogens (tertiary/aromatic N) is 1. The summed E-state index contributed by atoms with van der Waals surface area (Å²) in [6, 6.07) is 4.95. The number of aliphatic hydroxyl groups is 1. The number of methoxy groups -OCH3 is 1. The van der Waals surface area contributed by atoms with Crippen molar-refractivity contribution in [3.8, 4) is 17.6 Å². The normalized spacial score (nSPS) is 9.61. The minimum Gasteiger partial charge on any atom is -0.495 e. The van der Waals surface area contributed by atoms with Gasteiger partial charge in [-0.25, -0.2) is 5.01 Å². The zero-order chi connectivity index (χ0) is 13.5. The van der Waals surface area contributed by atoms with Gasteiger partial charge in [-0.3, -0.25) is 10.2 Å². The van der Waals surface area contributed by atoms with Gasteiger partial charge in [-0.15, -0.1) is 0 Å². The summed E-state index contributed by atoms with van der Waals surface area (Å²) in [5.41, 5.74) is 3.68. The van der Waals surface area contributed by atoms with Crippen LogP contribution in [0, 0.1) is 11.8 Å². The maximum absolute atomic E-state index is 11.8. The molecule has 96 valence electrons. The predicted molar refractivity (Wildman–Crippen MR) is 68.1 cm³/mol. The average Bonchev–Trinajstić information content (AvgIpc) is 2.35. The lowest BCUT2D eigenvalue weighted by molar-refractivity contribution is 0.0857. The van der Waals surface area contributed by atoms with Gasteiger partial charge in [0, 0.05) is 19.7 Å². The Morgan fingerprint density at radius 2 is 2.22 bits per heavy atom. The molecule has 1 aromatic carbocycles. The summed E-state index contributed by atoms with van der Waals surface area (Å²) in [4.78, 5) is 11.8. The van der Waals surface area contributed by atoms with Crippen LogP contribution in [-0.4, -0.2) is 43.8 Å². The molecule has 1 aromatic rings. The summed E-state index contributed by atoms with van der Waals surface area (Å²) in [6.07, 6.45) is 0. The van der Waals surface area contributed by atoms with Crippen molar-refractivity contribution in [2.45, 2.75) is 0 Å². The van der Waals surface area contributed by atoms with Gasteiger partial charge in [-0.05, 0) is 18.2 Å². The van der Waals surface area contributed by atoms with Crippen LogP contribution in [0.4, 0.5) is 0 Å². The van der Waals surface area contributed by atoms with Crippen LogP contribution in [0.2, 0.25) is 0 Å². The number of amides is 1. The molecule has 0 aliphatic heterocycles. The van der Waals surface area contributed by atoms with Gasteiger partial charge in [-0.2, -0.15) is 0 Å². The fourth-order valence-electron chi connectivity index (χ4n) is 1.35. The minimum atomic E-state index is -0.239. The molecule has 0 saturated heterocycles. The van der Waals surface area contributed by atoms with Gasteiger partial charge < -0.3 is 9.84 Å². The monoisotopic (exact) mass is 248 g/mol. The third-order valence-electron chi connectivity index (χ3n) is 2.09. The summed E-state index contributed by atoms with van der Waals surface area (Å²) in [5, 5.41) is 10.2. The van der Waals surface area contributed by atoms with E-state index in [0.29, 0.717) is 16.9 Å². The molecule has 1 amide bonds. The van der Waals surface area contributed by atoms with Crippen LogP contribution in [-0.2, 0) is 0 Å². The number of carbonyl (C=O) groups excluding carboxylic acids is 1. The van der Waals surface area contributed by atoms with E-state index in [9.17, 15) is 4.79 Å². The minimum absolute atomic E-state index is 0.227. The highest BCUT2D eigenvalue weighted by atomic mass is 16.5. The maximum atomic E-state index is 11.8. The zero-order valence-electron chi connectivity index (χ0n) is 10.7. The van der Waals surface area contributed by atoms with E-state index < -0.39 is 0 Å². The van der Waals surface area contributed by atoms with Crippen LogP contribution >= 0.6 is 0 Å². The lowest BCUT2D eigenvalue weighted by Crippen LogP contribution is -2.36. The van der Waals surface area contributed by atoms with Gasteiger partial charge in [0.1, 0.15) is 12.4 Å². The molecule has 0 heterocycles. The molecule has 1 rings (SSSR count). The molecule has 0 radical (unpaired) electrons. The van der Waals surface area contributed by atoms with E-state index in [4.69, 9.17) is 9.84 Å². The first-order chi connectivity index (χ1) is 8.58. The van der Waals surface area contributed by atoms with Crippen molar-refractivity contribution in [2.75, 3.05) is 27.8 Å². The molecule has 0 saturated carbocycles. The van der Waals surface area contributed by atoms with E-state index >= 15 is 0 Å². The molecule has 2 N–H and O–H groups in total. The first kappa shape index (κ1) is 14.0. The number of rotatable bonds is 3. The molecule has 0 aromatic heterocycles. The Hall–Kier alpha value is -2.03. The van der Waals surface area contributed by atoms with Crippen LogP contribution in [0.1, 0.15) is 15.9 Å². The van der Waals surface area contributed by atoms with Crippen LogP contribution in [0.3, 0.4) is 0 Å². The maximum Gasteiger partial charge on any atom is 0.265 e. The molecule has 18 heavy (non-hydrogen) atoms. The number of nitrogens with one attached hydrogen (secondary N) is 1. The van der Waals surface area contributed by atoms with E-state index in [-0.39, 0.29) is 12.5 Å². The Kier molecular flexibility index (Phi) is 5.18. The highest BCUT2D eigenvalue weighted by Gasteiger charge is 2.09. The summed E-state index contributed by atoms with van der Waals surface area (Å²) < 4.78 is 5.13. The van der Waals surface area contributed by atoms with Crippen LogP contribution in [0.15, 0.2) is 18.2 Å². The van der Waals surface area contributed by atoms with Crippen molar-refractivity contribution in [1.29, 1.82) is 0 Å². The van der Waals surface area contributed by atoms with Gasteiger partial charge in [0.15, 0.2) is 0 Å². The van der Waals surface area contributed by atoms with E-state index in [0.717, 1.165) is 0 Å². The summed E-state index contributed by atoms with van der Waals surface area (Å²) in [5.74, 6) is 5.61. The number of ether oxygens (including phenoxy) is 1. The van der Waals surface area contributed by atoms with Crippen LogP contribution < -0.4 is 10.2 Å². The lowest BCUT2D eigenvalue weighted by Gasteiger charge is -2.12. The Balaban J connectivity index is 3.06. The van der Waals surface area contributed by atoms with Crippen molar-refractivity contribution in [1.82, 2.24) is 10.4 Å². The summed E-state index contributed by atoms with van der Waals surface area (Å²) >= 11 is 0. The fourth-order valence-corrected chi connectivity index (χ4v) is 1.35. The van der Waals surface area contributed by atoms with Crippen molar-refractivity contribution in [3.63, 3.8) is 0 Å². The fraction of sp³-hybridized carbons (Fsp3) is 0.308. The highest BCUT2D eigenvalue weighted by Crippen LogP contribution is 2.18. The number of hydrogen-bond acceptors (Lipinski definition) is 4. The second-order valence-corrected chi connectivity index (χ2v) is 3.71. The van der Waals surface area contributed by atoms with Crippen molar-refractivity contribution < 1.29 is 14.6 Å². The first-order valence-corrected chi connectivity index (χ1v) is 5.34. The predicted octanol–water partition coefficient (Wildman–Crippen LogP) is 0.245. The smallest absolute Gasteiger partial charge is 0.265 e. The average molecular weight is 248 g/mol. The molecular formula is C13H16N2O3. The van der Waals surface area contributed by atoms with Gasteiger partial charge in [-0.1, -0.05) is 11.8 Å². The molecular weight excluding hydrogens is 232 g/mol. The molecule has 0 atom stereocenters. The third-order valence-corrected chi connectivity index (χ3v) is 2.09. The van der Waals surface area contributed by atoms with E-state index in [2.05, 4.69) is 17.3 Å². The van der Waals surface area contributed by atoms with Crippen LogP contribution in [0.5, 0.6) is 5.75 Å². The second-order valence-electron chi connectivity index (χ2n) is 3.71. The molecule has 0 bridgehead atoms. The van der Waals surface area contributed by atoms with Gasteiger partial charge >= 0.3 is 0 Å². The van der Waals surface area contributed by atoms with Crippen molar-refractivity contribution in [3.05, 3.63) is 29.3 Å². The highest BCUT2D eigenvalue weighted by molar-refractivity contribution is 5.94. The standard InChI is InChI=1S/C13H16N2O3/c1-15(2)14-13(17)11-6-7-12(18-3)10(9-11)5-4-8-16/h6-7,9,16H,8H2,1-3H3,(H,14,17). The second kappa shape index (κ2) is 6.64. The number of hydrazine groups is 1. The molecule has 5 heteroatoms. The first-order valence-electron chi connectivity index (χ1n) is 5.34. The van der Waals surface area contributed by atoms with Crippen molar-refractivity contribution >= 4 is 5.91 Å². The van der Waals surface area contributed by atoms with E-state index in [1.54, 1.807) is 37.3 Å². The SMILES string of the molecule is COc1ccc(C(=O)NN(C)C)cc1C#CCO.